The highest BCUT2D eigenvalue weighted by Gasteiger charge is 2.13. The molecule has 136 valence electrons. The van der Waals surface area contributed by atoms with Gasteiger partial charge in [0.1, 0.15) is 5.75 Å². The van der Waals surface area contributed by atoms with Gasteiger partial charge in [0.25, 0.3) is 5.91 Å². The van der Waals surface area contributed by atoms with Crippen molar-refractivity contribution in [2.45, 2.75) is 25.7 Å². The summed E-state index contributed by atoms with van der Waals surface area (Å²) in [7, 11) is 0. The van der Waals surface area contributed by atoms with Crippen LogP contribution >= 0.6 is 15.9 Å². The summed E-state index contributed by atoms with van der Waals surface area (Å²) in [5.41, 5.74) is 3.37. The minimum absolute atomic E-state index is 0.0820. The van der Waals surface area contributed by atoms with E-state index in [-0.39, 0.29) is 25.5 Å². The Kier molecular flexibility index (Phi) is 6.28. The Bertz CT molecular complexity index is 806. The molecule has 0 heterocycles. The fourth-order valence-electron chi connectivity index (χ4n) is 2.87. The van der Waals surface area contributed by atoms with Crippen LogP contribution in [0.25, 0.3) is 0 Å². The van der Waals surface area contributed by atoms with Gasteiger partial charge in [-0.2, -0.15) is 0 Å². The number of hydrogen-bond acceptors (Lipinski definition) is 4. The van der Waals surface area contributed by atoms with Crippen LogP contribution in [0.3, 0.4) is 0 Å². The molecule has 0 saturated heterocycles. The number of amides is 1. The second-order valence-electron chi connectivity index (χ2n) is 6.10. The number of nitrogens with one attached hydrogen (secondary N) is 1. The number of carbonyl (C=O) groups excluding carboxylic acids is 2. The Morgan fingerprint density at radius 1 is 1.08 bits per heavy atom. The molecule has 0 unspecified atom stereocenters. The monoisotopic (exact) mass is 417 g/mol. The molecule has 3 rings (SSSR count). The van der Waals surface area contributed by atoms with Crippen molar-refractivity contribution in [3.63, 3.8) is 0 Å². The van der Waals surface area contributed by atoms with Gasteiger partial charge < -0.3 is 14.8 Å². The average molecular weight is 418 g/mol. The van der Waals surface area contributed by atoms with Crippen LogP contribution in [-0.2, 0) is 27.2 Å². The average Bonchev–Trinajstić information content (AvgIpc) is 3.08. The van der Waals surface area contributed by atoms with Gasteiger partial charge in [0.15, 0.2) is 6.61 Å². The van der Waals surface area contributed by atoms with E-state index in [0.29, 0.717) is 5.75 Å². The predicted molar refractivity (Wildman–Crippen MR) is 102 cm³/mol. The lowest BCUT2D eigenvalue weighted by atomic mass is 10.1. The molecule has 26 heavy (non-hydrogen) atoms. The molecule has 0 fully saturated rings. The molecule has 5 nitrogen and oxygen atoms in total. The third-order valence-corrected chi connectivity index (χ3v) is 4.61. The standard InChI is InChI=1S/C20H20BrNO4/c21-16-5-2-6-18(12-16)25-10-9-20(24)26-13-19(23)22-17-8-7-14-3-1-4-15(14)11-17/h2,5-8,11-12H,1,3-4,9-10,13H2,(H,22,23). The Balaban J connectivity index is 1.36. The molecule has 0 bridgehead atoms. The van der Waals surface area contributed by atoms with Gasteiger partial charge in [-0.1, -0.05) is 28.1 Å². The second-order valence-corrected chi connectivity index (χ2v) is 7.02. The number of halogens is 1. The van der Waals surface area contributed by atoms with Gasteiger partial charge >= 0.3 is 5.97 Å². The van der Waals surface area contributed by atoms with E-state index in [0.717, 1.165) is 29.4 Å². The zero-order valence-corrected chi connectivity index (χ0v) is 15.9. The van der Waals surface area contributed by atoms with E-state index in [9.17, 15) is 9.59 Å². The maximum atomic E-state index is 11.9. The molecule has 2 aromatic rings. The minimum Gasteiger partial charge on any atom is -0.493 e. The summed E-state index contributed by atoms with van der Waals surface area (Å²) in [4.78, 5) is 23.6. The van der Waals surface area contributed by atoms with Gasteiger partial charge in [-0.3, -0.25) is 9.59 Å². The number of rotatable bonds is 7. The van der Waals surface area contributed by atoms with Crippen molar-refractivity contribution in [3.8, 4) is 5.75 Å². The molecular weight excluding hydrogens is 398 g/mol. The van der Waals surface area contributed by atoms with Crippen molar-refractivity contribution >= 4 is 33.5 Å². The zero-order chi connectivity index (χ0) is 18.4. The lowest BCUT2D eigenvalue weighted by Crippen LogP contribution is -2.21. The first-order chi connectivity index (χ1) is 12.6. The van der Waals surface area contributed by atoms with E-state index >= 15 is 0 Å². The topological polar surface area (TPSA) is 64.6 Å². The van der Waals surface area contributed by atoms with Crippen LogP contribution in [-0.4, -0.2) is 25.1 Å². The maximum absolute atomic E-state index is 11.9. The Labute approximate surface area is 160 Å². The van der Waals surface area contributed by atoms with Gasteiger partial charge in [0.05, 0.1) is 13.0 Å². The number of anilines is 1. The van der Waals surface area contributed by atoms with E-state index in [1.54, 1.807) is 6.07 Å². The summed E-state index contributed by atoms with van der Waals surface area (Å²) in [5.74, 6) is -0.144. The SMILES string of the molecule is O=C(COC(=O)CCOc1cccc(Br)c1)Nc1ccc2c(c1)CCC2. The van der Waals surface area contributed by atoms with Gasteiger partial charge in [-0.05, 0) is 60.7 Å². The van der Waals surface area contributed by atoms with E-state index in [4.69, 9.17) is 9.47 Å². The molecule has 1 aliphatic carbocycles. The highest BCUT2D eigenvalue weighted by molar-refractivity contribution is 9.10. The van der Waals surface area contributed by atoms with Crippen LogP contribution in [0, 0.1) is 0 Å². The largest absolute Gasteiger partial charge is 0.493 e. The summed E-state index contributed by atoms with van der Waals surface area (Å²) in [6.07, 6.45) is 3.39. The van der Waals surface area contributed by atoms with Crippen molar-refractivity contribution in [1.29, 1.82) is 0 Å². The summed E-state index contributed by atoms with van der Waals surface area (Å²) in [6, 6.07) is 13.3. The zero-order valence-electron chi connectivity index (χ0n) is 14.3. The van der Waals surface area contributed by atoms with Crippen LogP contribution in [0.2, 0.25) is 0 Å². The fraction of sp³-hybridized carbons (Fsp3) is 0.300. The van der Waals surface area contributed by atoms with E-state index < -0.39 is 5.97 Å². The molecule has 1 N–H and O–H groups in total. The van der Waals surface area contributed by atoms with E-state index in [2.05, 4.69) is 21.2 Å². The first-order valence-corrected chi connectivity index (χ1v) is 9.35. The molecule has 0 aliphatic heterocycles. The lowest BCUT2D eigenvalue weighted by molar-refractivity contribution is -0.147. The highest BCUT2D eigenvalue weighted by Crippen LogP contribution is 2.24. The number of ether oxygens (including phenoxy) is 2. The molecule has 0 aromatic heterocycles. The quantitative estimate of drug-likeness (QED) is 0.693. The first-order valence-electron chi connectivity index (χ1n) is 8.56. The Morgan fingerprint density at radius 2 is 1.92 bits per heavy atom. The molecule has 0 atom stereocenters. The number of fused-ring (bicyclic) bond motifs is 1. The Hall–Kier alpha value is -2.34. The molecule has 2 aromatic carbocycles. The van der Waals surface area contributed by atoms with Gasteiger partial charge in [0.2, 0.25) is 0 Å². The minimum atomic E-state index is -0.468. The molecule has 0 saturated carbocycles. The highest BCUT2D eigenvalue weighted by atomic mass is 79.9. The Morgan fingerprint density at radius 3 is 2.77 bits per heavy atom. The molecule has 1 aliphatic rings. The van der Waals surface area contributed by atoms with Crippen molar-refractivity contribution in [2.24, 2.45) is 0 Å². The maximum Gasteiger partial charge on any atom is 0.309 e. The number of carbonyl (C=O) groups is 2. The molecular formula is C20H20BrNO4. The van der Waals surface area contributed by atoms with Gasteiger partial charge in [-0.25, -0.2) is 0 Å². The van der Waals surface area contributed by atoms with Crippen molar-refractivity contribution in [3.05, 3.63) is 58.1 Å². The number of esters is 1. The second kappa shape index (κ2) is 8.85. The lowest BCUT2D eigenvalue weighted by Gasteiger charge is -2.09. The van der Waals surface area contributed by atoms with Crippen LogP contribution in [0.1, 0.15) is 24.0 Å². The van der Waals surface area contributed by atoms with Crippen molar-refractivity contribution in [1.82, 2.24) is 0 Å². The summed E-state index contributed by atoms with van der Waals surface area (Å²) < 4.78 is 11.4. The number of benzene rings is 2. The number of hydrogen-bond donors (Lipinski definition) is 1. The molecule has 0 spiro atoms. The predicted octanol–water partition coefficient (Wildman–Crippen LogP) is 3.89. The van der Waals surface area contributed by atoms with Crippen LogP contribution in [0.4, 0.5) is 5.69 Å². The van der Waals surface area contributed by atoms with Gasteiger partial charge in [-0.15, -0.1) is 0 Å². The van der Waals surface area contributed by atoms with Crippen molar-refractivity contribution < 1.29 is 19.1 Å². The first kappa shape index (κ1) is 18.5. The molecule has 1 amide bonds. The third kappa shape index (κ3) is 5.33. The van der Waals surface area contributed by atoms with Crippen LogP contribution in [0.5, 0.6) is 5.75 Å². The van der Waals surface area contributed by atoms with E-state index in [1.807, 2.05) is 36.4 Å². The molecule has 6 heteroatoms. The van der Waals surface area contributed by atoms with Crippen molar-refractivity contribution in [2.75, 3.05) is 18.5 Å². The smallest absolute Gasteiger partial charge is 0.309 e. The number of aryl methyl sites for hydroxylation is 2. The fourth-order valence-corrected chi connectivity index (χ4v) is 3.25. The summed E-state index contributed by atoms with van der Waals surface area (Å²) in [6.45, 7) is -0.103. The summed E-state index contributed by atoms with van der Waals surface area (Å²) >= 11 is 3.35. The van der Waals surface area contributed by atoms with Crippen LogP contribution < -0.4 is 10.1 Å². The van der Waals surface area contributed by atoms with Gasteiger partial charge in [0, 0.05) is 10.2 Å². The van der Waals surface area contributed by atoms with E-state index in [1.165, 1.54) is 11.1 Å². The molecule has 0 radical (unpaired) electrons. The van der Waals surface area contributed by atoms with Crippen LogP contribution in [0.15, 0.2) is 46.9 Å². The summed E-state index contributed by atoms with van der Waals surface area (Å²) in [5, 5.41) is 2.76. The third-order valence-electron chi connectivity index (χ3n) is 4.12. The normalized spacial score (nSPS) is 12.3.